The van der Waals surface area contributed by atoms with Crippen molar-refractivity contribution in [1.29, 1.82) is 0 Å². The summed E-state index contributed by atoms with van der Waals surface area (Å²) in [5.74, 6) is -0.855. The van der Waals surface area contributed by atoms with Crippen LogP contribution in [0, 0.1) is 17.8 Å². The monoisotopic (exact) mass is 775 g/mol. The summed E-state index contributed by atoms with van der Waals surface area (Å²) in [6.07, 6.45) is 12.6. The lowest BCUT2D eigenvalue weighted by molar-refractivity contribution is 0.00278. The van der Waals surface area contributed by atoms with Crippen LogP contribution in [0.15, 0.2) is 59.1 Å². The van der Waals surface area contributed by atoms with Gasteiger partial charge in [-0.15, -0.1) is 9.46 Å². The number of carbonyl (C=O) groups is 2. The van der Waals surface area contributed by atoms with Gasteiger partial charge in [-0.3, -0.25) is 19.0 Å². The zero-order valence-corrected chi connectivity index (χ0v) is 33.0. The molecule has 1 saturated heterocycles. The van der Waals surface area contributed by atoms with E-state index in [1.165, 1.54) is 34.7 Å². The highest BCUT2D eigenvalue weighted by atomic mass is 35.5. The van der Waals surface area contributed by atoms with Crippen molar-refractivity contribution < 1.29 is 28.0 Å². The first-order valence-electron chi connectivity index (χ1n) is 19.2. The predicted molar refractivity (Wildman–Crippen MR) is 209 cm³/mol. The van der Waals surface area contributed by atoms with Crippen molar-refractivity contribution in [2.24, 2.45) is 29.2 Å². The lowest BCUT2D eigenvalue weighted by Gasteiger charge is -2.46. The molecule has 288 valence electrons. The number of nitrogens with one attached hydrogen (secondary N) is 1. The topological polar surface area (TPSA) is 124 Å². The van der Waals surface area contributed by atoms with Crippen LogP contribution in [0.25, 0.3) is 0 Å². The molecule has 13 heteroatoms. The SMILES string of the molecule is COc1nn(C)cc1C(=O)NS1(=O)=NC(=O)c2ccc3c(c2)N(C[C@@H]2CC[C@H]2[C@@H](OC)/C=C\[C@@H]2OCC[C@@H]1[C@H]2C)C[C@@]1(CCCc2cc(Cl)ccc21)CC3. The maximum Gasteiger partial charge on any atom is 0.286 e. The fourth-order valence-electron chi connectivity index (χ4n) is 9.82. The molecule has 1 N–H and O–H groups in total. The number of nitrogens with zero attached hydrogens (tertiary/aromatic N) is 4. The largest absolute Gasteiger partial charge is 0.479 e. The molecule has 8 rings (SSSR count). The summed E-state index contributed by atoms with van der Waals surface area (Å²) in [7, 11) is 1.14. The van der Waals surface area contributed by atoms with Crippen LogP contribution in [0.5, 0.6) is 5.88 Å². The van der Waals surface area contributed by atoms with Crippen LogP contribution in [0.3, 0.4) is 0 Å². The van der Waals surface area contributed by atoms with Crippen molar-refractivity contribution in [3.05, 3.63) is 87.6 Å². The van der Waals surface area contributed by atoms with Gasteiger partial charge in [0.15, 0.2) is 0 Å². The normalized spacial score (nSPS) is 32.7. The van der Waals surface area contributed by atoms with Crippen LogP contribution in [0.1, 0.15) is 82.9 Å². The van der Waals surface area contributed by atoms with Crippen molar-refractivity contribution in [1.82, 2.24) is 14.5 Å². The van der Waals surface area contributed by atoms with E-state index in [1.807, 2.05) is 31.2 Å². The van der Waals surface area contributed by atoms with Gasteiger partial charge < -0.3 is 19.1 Å². The first-order valence-corrected chi connectivity index (χ1v) is 21.2. The van der Waals surface area contributed by atoms with Gasteiger partial charge in [0.2, 0.25) is 5.88 Å². The molecular formula is C41H50ClN5O6S. The van der Waals surface area contributed by atoms with E-state index in [-0.39, 0.29) is 28.9 Å². The summed E-state index contributed by atoms with van der Waals surface area (Å²) in [5.41, 5.74) is 5.30. The summed E-state index contributed by atoms with van der Waals surface area (Å²) in [6.45, 7) is 3.88. The van der Waals surface area contributed by atoms with Gasteiger partial charge in [0, 0.05) is 67.7 Å². The van der Waals surface area contributed by atoms with E-state index in [0.717, 1.165) is 68.7 Å². The molecule has 8 atom stereocenters. The van der Waals surface area contributed by atoms with Gasteiger partial charge in [0.25, 0.3) is 11.8 Å². The molecule has 11 nitrogen and oxygen atoms in total. The number of fused-ring (bicyclic) bond motifs is 6. The number of methoxy groups -OCH3 is 2. The molecule has 3 aliphatic heterocycles. The van der Waals surface area contributed by atoms with Crippen LogP contribution in [-0.2, 0) is 44.7 Å². The third-order valence-electron chi connectivity index (χ3n) is 12.8. The van der Waals surface area contributed by atoms with Gasteiger partial charge in [0.05, 0.1) is 24.6 Å². The van der Waals surface area contributed by atoms with Crippen LogP contribution in [-0.4, -0.2) is 77.2 Å². The molecule has 1 spiro atoms. The number of amides is 2. The quantitative estimate of drug-likeness (QED) is 0.300. The number of hydrogen-bond acceptors (Lipinski definition) is 8. The first kappa shape index (κ1) is 37.2. The van der Waals surface area contributed by atoms with Crippen molar-refractivity contribution in [3.8, 4) is 5.88 Å². The fraction of sp³-hybridized carbons (Fsp3) is 0.537. The number of carbonyl (C=O) groups excluding carboxylic acids is 2. The number of benzene rings is 2. The molecule has 1 unspecified atom stereocenters. The summed E-state index contributed by atoms with van der Waals surface area (Å²) >= 11 is 6.51. The maximum absolute atomic E-state index is 15.3. The second kappa shape index (κ2) is 14.7. The Balaban J connectivity index is 1.25. The molecule has 2 aromatic carbocycles. The fourth-order valence-corrected chi connectivity index (χ4v) is 12.2. The number of aryl methyl sites for hydroxylation is 3. The second-order valence-corrected chi connectivity index (χ2v) is 18.5. The lowest BCUT2D eigenvalue weighted by Crippen LogP contribution is -2.49. The van der Waals surface area contributed by atoms with Crippen LogP contribution in [0.4, 0.5) is 5.69 Å². The van der Waals surface area contributed by atoms with Crippen molar-refractivity contribution in [3.63, 3.8) is 0 Å². The zero-order valence-electron chi connectivity index (χ0n) is 31.5. The molecule has 2 aliphatic carbocycles. The number of hydrogen-bond donors (Lipinski definition) is 1. The van der Waals surface area contributed by atoms with E-state index in [4.69, 9.17) is 25.8 Å². The second-order valence-electron chi connectivity index (χ2n) is 15.9. The molecule has 2 fully saturated rings. The van der Waals surface area contributed by atoms with E-state index in [2.05, 4.69) is 37.3 Å². The number of ether oxygens (including phenoxy) is 3. The molecule has 4 bridgehead atoms. The van der Waals surface area contributed by atoms with Crippen LogP contribution in [0.2, 0.25) is 5.02 Å². The summed E-state index contributed by atoms with van der Waals surface area (Å²) < 4.78 is 41.7. The van der Waals surface area contributed by atoms with E-state index < -0.39 is 33.1 Å². The average Bonchev–Trinajstić information content (AvgIpc) is 3.46. The van der Waals surface area contributed by atoms with Gasteiger partial charge in [-0.1, -0.05) is 42.8 Å². The molecule has 5 aliphatic rings. The van der Waals surface area contributed by atoms with E-state index in [9.17, 15) is 9.59 Å². The highest BCUT2D eigenvalue weighted by Crippen LogP contribution is 2.48. The Labute approximate surface area is 323 Å². The molecule has 1 saturated carbocycles. The molecule has 2 amide bonds. The van der Waals surface area contributed by atoms with Gasteiger partial charge >= 0.3 is 0 Å². The first-order chi connectivity index (χ1) is 26.0. The Morgan fingerprint density at radius 2 is 1.93 bits per heavy atom. The Morgan fingerprint density at radius 1 is 1.07 bits per heavy atom. The summed E-state index contributed by atoms with van der Waals surface area (Å²) in [4.78, 5) is 30.7. The number of halogens is 1. The number of anilines is 1. The average molecular weight is 776 g/mol. The van der Waals surface area contributed by atoms with Gasteiger partial charge in [-0.2, -0.15) is 0 Å². The van der Waals surface area contributed by atoms with E-state index in [1.54, 1.807) is 20.2 Å². The third-order valence-corrected chi connectivity index (χ3v) is 15.4. The molecule has 3 aromatic rings. The maximum atomic E-state index is 15.3. The van der Waals surface area contributed by atoms with Gasteiger partial charge in [-0.25, -0.2) is 4.21 Å². The van der Waals surface area contributed by atoms with Crippen molar-refractivity contribution in [2.75, 3.05) is 38.8 Å². The molecule has 54 heavy (non-hydrogen) atoms. The lowest BCUT2D eigenvalue weighted by atomic mass is 9.66. The predicted octanol–water partition coefficient (Wildman–Crippen LogP) is 6.47. The summed E-state index contributed by atoms with van der Waals surface area (Å²) in [6, 6.07) is 12.2. The zero-order chi connectivity index (χ0) is 37.8. The third kappa shape index (κ3) is 6.77. The number of rotatable bonds is 4. The van der Waals surface area contributed by atoms with E-state index >= 15 is 4.21 Å². The van der Waals surface area contributed by atoms with Crippen LogP contribution >= 0.6 is 11.6 Å². The van der Waals surface area contributed by atoms with E-state index in [0.29, 0.717) is 30.4 Å². The summed E-state index contributed by atoms with van der Waals surface area (Å²) in [5, 5.41) is 4.29. The minimum absolute atomic E-state index is 0.0662. The Bertz CT molecular complexity index is 2110. The van der Waals surface area contributed by atoms with Crippen LogP contribution < -0.4 is 14.4 Å². The Kier molecular flexibility index (Phi) is 10.2. The Hall–Kier alpha value is -3.71. The minimum Gasteiger partial charge on any atom is -0.479 e. The molecule has 4 heterocycles. The molecule has 1 aromatic heterocycles. The van der Waals surface area contributed by atoms with Gasteiger partial charge in [-0.05, 0) is 104 Å². The number of aromatic nitrogens is 2. The van der Waals surface area contributed by atoms with Gasteiger partial charge in [0.1, 0.15) is 15.5 Å². The standard InChI is InChI=1S/C41H50ClN5O6S/c1-25-35-13-14-36(51-3)31-11-9-29(31)22-47-24-41(17-5-6-27-20-30(42)10-12-33(27)41)18-15-26-7-8-28(21-34(26)47)38(48)44-54(50,37(25)16-19-53-35)45-39(49)32-23-46(2)43-40(32)52-4/h7-8,10,12-14,20-21,23,25,29,31,35-37H,5-6,9,11,15-19,22,24H2,1-4H3,(H,44,45,48,49,50)/b14-13-/t25-,29-,31+,35-,36-,37+,41+,54?/m0/s1. The smallest absolute Gasteiger partial charge is 0.286 e. The van der Waals surface area contributed by atoms with Crippen molar-refractivity contribution in [2.45, 2.75) is 81.2 Å². The molecular weight excluding hydrogens is 726 g/mol. The molecule has 0 radical (unpaired) electrons. The Morgan fingerprint density at radius 3 is 2.70 bits per heavy atom. The van der Waals surface area contributed by atoms with Crippen molar-refractivity contribution >= 4 is 39.0 Å². The highest BCUT2D eigenvalue weighted by molar-refractivity contribution is 7.93. The minimum atomic E-state index is -3.71. The highest BCUT2D eigenvalue weighted by Gasteiger charge is 2.44.